The second kappa shape index (κ2) is 7.22. The molecule has 1 unspecified atom stereocenters. The molecule has 1 aliphatic rings. The summed E-state index contributed by atoms with van der Waals surface area (Å²) >= 11 is 0. The molecular weight excluding hydrogens is 290 g/mol. The number of carbonyl (C=O) groups excluding carboxylic acids is 1. The number of aryl methyl sites for hydroxylation is 1. The van der Waals surface area contributed by atoms with Gasteiger partial charge in [-0.1, -0.05) is 19.1 Å². The summed E-state index contributed by atoms with van der Waals surface area (Å²) in [5, 5.41) is 11.0. The zero-order valence-electron chi connectivity index (χ0n) is 13.0. The first-order valence-corrected chi connectivity index (χ1v) is 7.37. The molecular formula is C14H26ClN5O. The van der Waals surface area contributed by atoms with Crippen LogP contribution >= 0.6 is 12.4 Å². The number of nitrogens with two attached hydrogens (primary N) is 1. The van der Waals surface area contributed by atoms with Crippen LogP contribution in [0.4, 0.5) is 0 Å². The molecule has 6 nitrogen and oxygen atoms in total. The molecule has 1 aliphatic carbocycles. The smallest absolute Gasteiger partial charge is 0.273 e. The summed E-state index contributed by atoms with van der Waals surface area (Å²) in [6, 6.07) is 0. The Morgan fingerprint density at radius 2 is 2.24 bits per heavy atom. The quantitative estimate of drug-likeness (QED) is 0.800. The monoisotopic (exact) mass is 315 g/mol. The first-order chi connectivity index (χ1) is 9.44. The molecule has 1 saturated carbocycles. The van der Waals surface area contributed by atoms with Gasteiger partial charge in [0.05, 0.1) is 11.7 Å². The van der Waals surface area contributed by atoms with Gasteiger partial charge in [-0.2, -0.15) is 0 Å². The number of halogens is 1. The highest BCUT2D eigenvalue weighted by molar-refractivity contribution is 5.92. The number of hydrogen-bond donors (Lipinski definition) is 2. The van der Waals surface area contributed by atoms with Gasteiger partial charge in [-0.05, 0) is 38.0 Å². The molecule has 1 atom stereocenters. The lowest BCUT2D eigenvalue weighted by atomic mass is 9.96. The average molecular weight is 316 g/mol. The predicted molar refractivity (Wildman–Crippen MR) is 84.4 cm³/mol. The number of amides is 1. The van der Waals surface area contributed by atoms with E-state index in [-0.39, 0.29) is 23.9 Å². The van der Waals surface area contributed by atoms with E-state index in [0.29, 0.717) is 24.1 Å². The van der Waals surface area contributed by atoms with E-state index < -0.39 is 0 Å². The lowest BCUT2D eigenvalue weighted by Crippen LogP contribution is -2.53. The van der Waals surface area contributed by atoms with Crippen LogP contribution in [0.2, 0.25) is 0 Å². The Morgan fingerprint density at radius 3 is 2.76 bits per heavy atom. The van der Waals surface area contributed by atoms with E-state index in [9.17, 15) is 4.79 Å². The Bertz CT molecular complexity index is 472. The summed E-state index contributed by atoms with van der Waals surface area (Å²) in [4.78, 5) is 12.2. The minimum Gasteiger partial charge on any atom is -0.344 e. The maximum atomic E-state index is 12.2. The molecule has 1 heterocycles. The molecule has 1 aromatic heterocycles. The lowest BCUT2D eigenvalue weighted by molar-refractivity contribution is 0.0892. The van der Waals surface area contributed by atoms with Crippen molar-refractivity contribution in [3.63, 3.8) is 0 Å². The zero-order chi connectivity index (χ0) is 14.8. The third-order valence-electron chi connectivity index (χ3n) is 4.01. The van der Waals surface area contributed by atoms with Gasteiger partial charge in [-0.25, -0.2) is 0 Å². The minimum absolute atomic E-state index is 0. The van der Waals surface area contributed by atoms with E-state index in [1.807, 2.05) is 6.92 Å². The Kier molecular flexibility index (Phi) is 6.16. The van der Waals surface area contributed by atoms with E-state index >= 15 is 0 Å². The van der Waals surface area contributed by atoms with Crippen molar-refractivity contribution in [1.29, 1.82) is 0 Å². The van der Waals surface area contributed by atoms with Gasteiger partial charge in [0, 0.05) is 13.1 Å². The maximum absolute atomic E-state index is 12.2. The SMILES string of the molecule is CC(C)CCn1cc(C(=O)NC(C)(CN)C2CC2)nn1.Cl. The number of carbonyl (C=O) groups is 1. The van der Waals surface area contributed by atoms with Crippen molar-refractivity contribution in [3.8, 4) is 0 Å². The van der Waals surface area contributed by atoms with Gasteiger partial charge in [0.1, 0.15) is 0 Å². The van der Waals surface area contributed by atoms with Crippen molar-refractivity contribution in [2.24, 2.45) is 17.6 Å². The fourth-order valence-corrected chi connectivity index (χ4v) is 2.27. The fourth-order valence-electron chi connectivity index (χ4n) is 2.27. The Morgan fingerprint density at radius 1 is 1.57 bits per heavy atom. The van der Waals surface area contributed by atoms with E-state index in [0.717, 1.165) is 25.8 Å². The molecule has 21 heavy (non-hydrogen) atoms. The van der Waals surface area contributed by atoms with Crippen LogP contribution in [0.1, 0.15) is 50.5 Å². The lowest BCUT2D eigenvalue weighted by Gasteiger charge is -2.28. The molecule has 0 radical (unpaired) electrons. The Hall–Kier alpha value is -1.14. The van der Waals surface area contributed by atoms with Gasteiger partial charge < -0.3 is 11.1 Å². The van der Waals surface area contributed by atoms with Crippen LogP contribution in [0.5, 0.6) is 0 Å². The molecule has 0 bridgehead atoms. The fraction of sp³-hybridized carbons (Fsp3) is 0.786. The van der Waals surface area contributed by atoms with E-state index in [1.165, 1.54) is 0 Å². The largest absolute Gasteiger partial charge is 0.344 e. The van der Waals surface area contributed by atoms with E-state index in [2.05, 4.69) is 29.5 Å². The molecule has 2 rings (SSSR count). The van der Waals surface area contributed by atoms with Crippen molar-refractivity contribution in [3.05, 3.63) is 11.9 Å². The molecule has 0 spiro atoms. The van der Waals surface area contributed by atoms with Gasteiger partial charge in [0.25, 0.3) is 5.91 Å². The van der Waals surface area contributed by atoms with E-state index in [4.69, 9.17) is 5.73 Å². The number of nitrogens with one attached hydrogen (secondary N) is 1. The Balaban J connectivity index is 0.00000220. The van der Waals surface area contributed by atoms with Crippen LogP contribution in [0.25, 0.3) is 0 Å². The Labute approximate surface area is 132 Å². The third-order valence-corrected chi connectivity index (χ3v) is 4.01. The second-order valence-corrected chi connectivity index (χ2v) is 6.40. The molecule has 0 saturated heterocycles. The van der Waals surface area contributed by atoms with Crippen LogP contribution in [-0.2, 0) is 6.54 Å². The summed E-state index contributed by atoms with van der Waals surface area (Å²) in [5.74, 6) is 0.917. The highest BCUT2D eigenvalue weighted by atomic mass is 35.5. The maximum Gasteiger partial charge on any atom is 0.273 e. The second-order valence-electron chi connectivity index (χ2n) is 6.40. The molecule has 1 amide bonds. The normalized spacial score (nSPS) is 17.2. The van der Waals surface area contributed by atoms with Crippen LogP contribution in [0, 0.1) is 11.8 Å². The number of rotatable bonds is 7. The van der Waals surface area contributed by atoms with Crippen molar-refractivity contribution in [2.75, 3.05) is 6.54 Å². The van der Waals surface area contributed by atoms with Crippen molar-refractivity contribution < 1.29 is 4.79 Å². The number of nitrogens with zero attached hydrogens (tertiary/aromatic N) is 3. The van der Waals surface area contributed by atoms with Crippen LogP contribution in [0.3, 0.4) is 0 Å². The molecule has 1 aromatic rings. The summed E-state index contributed by atoms with van der Waals surface area (Å²) in [6.07, 6.45) is 5.00. The van der Waals surface area contributed by atoms with Crippen LogP contribution in [-0.4, -0.2) is 33.0 Å². The van der Waals surface area contributed by atoms with Crippen molar-refractivity contribution in [1.82, 2.24) is 20.3 Å². The first-order valence-electron chi connectivity index (χ1n) is 7.37. The van der Waals surface area contributed by atoms with Gasteiger partial charge in [-0.15, -0.1) is 17.5 Å². The van der Waals surface area contributed by atoms with Gasteiger partial charge in [0.15, 0.2) is 5.69 Å². The third kappa shape index (κ3) is 4.68. The van der Waals surface area contributed by atoms with Crippen molar-refractivity contribution >= 4 is 18.3 Å². The van der Waals surface area contributed by atoms with E-state index in [1.54, 1.807) is 10.9 Å². The zero-order valence-corrected chi connectivity index (χ0v) is 13.8. The molecule has 7 heteroatoms. The summed E-state index contributed by atoms with van der Waals surface area (Å²) < 4.78 is 1.73. The molecule has 0 aromatic carbocycles. The average Bonchev–Trinajstić information content (AvgIpc) is 3.15. The van der Waals surface area contributed by atoms with Gasteiger partial charge in [0.2, 0.25) is 0 Å². The highest BCUT2D eigenvalue weighted by Crippen LogP contribution is 2.39. The standard InChI is InChI=1S/C14H25N5O.ClH/c1-10(2)6-7-19-8-12(17-18-19)13(20)16-14(3,9-15)11-4-5-11;/h8,10-11H,4-7,9,15H2,1-3H3,(H,16,20);1H. The molecule has 1 fully saturated rings. The summed E-state index contributed by atoms with van der Waals surface area (Å²) in [6.45, 7) is 7.56. The minimum atomic E-state index is -0.321. The first kappa shape index (κ1) is 17.9. The molecule has 0 aliphatic heterocycles. The summed E-state index contributed by atoms with van der Waals surface area (Å²) in [5.41, 5.74) is 5.85. The van der Waals surface area contributed by atoms with Gasteiger partial charge in [-0.3, -0.25) is 9.48 Å². The van der Waals surface area contributed by atoms with Crippen LogP contribution < -0.4 is 11.1 Å². The molecule has 3 N–H and O–H groups in total. The summed E-state index contributed by atoms with van der Waals surface area (Å²) in [7, 11) is 0. The van der Waals surface area contributed by atoms with Crippen molar-refractivity contribution in [2.45, 2.75) is 52.1 Å². The van der Waals surface area contributed by atoms with Crippen LogP contribution in [0.15, 0.2) is 6.20 Å². The number of aromatic nitrogens is 3. The molecule has 120 valence electrons. The number of hydrogen-bond acceptors (Lipinski definition) is 4. The topological polar surface area (TPSA) is 85.8 Å². The van der Waals surface area contributed by atoms with Gasteiger partial charge >= 0.3 is 0 Å². The highest BCUT2D eigenvalue weighted by Gasteiger charge is 2.41. The predicted octanol–water partition coefficient (Wildman–Crippen LogP) is 1.60.